The van der Waals surface area contributed by atoms with E-state index in [4.69, 9.17) is 4.74 Å². The summed E-state index contributed by atoms with van der Waals surface area (Å²) >= 11 is 0. The summed E-state index contributed by atoms with van der Waals surface area (Å²) in [7, 11) is 0. The van der Waals surface area contributed by atoms with Gasteiger partial charge in [0.1, 0.15) is 5.71 Å². The maximum absolute atomic E-state index is 11.8. The van der Waals surface area contributed by atoms with Crippen molar-refractivity contribution in [2.45, 2.75) is 25.8 Å². The lowest BCUT2D eigenvalue weighted by atomic mass is 9.95. The highest BCUT2D eigenvalue weighted by Crippen LogP contribution is 2.34. The lowest BCUT2D eigenvalue weighted by Crippen LogP contribution is -2.47. The van der Waals surface area contributed by atoms with Crippen LogP contribution in [-0.2, 0) is 14.3 Å². The number of esters is 1. The molecule has 9 nitrogen and oxygen atoms in total. The minimum atomic E-state index is -1.47. The Morgan fingerprint density at radius 2 is 2.04 bits per heavy atom. The van der Waals surface area contributed by atoms with E-state index in [1.807, 2.05) is 0 Å². The largest absolute Gasteiger partial charge is 0.479 e. The van der Waals surface area contributed by atoms with Crippen molar-refractivity contribution in [1.29, 1.82) is 0 Å². The number of hydrogen-bond acceptors (Lipinski definition) is 7. The third kappa shape index (κ3) is 2.98. The molecule has 1 aliphatic heterocycles. The summed E-state index contributed by atoms with van der Waals surface area (Å²) in [5.74, 6) is -1.84. The smallest absolute Gasteiger partial charge is 0.354 e. The number of carbonyl (C=O) groups is 2. The average Bonchev–Trinajstić information content (AvgIpc) is 2.87. The van der Waals surface area contributed by atoms with Crippen LogP contribution in [0, 0.1) is 10.1 Å². The Hall–Kier alpha value is -2.97. The molecule has 23 heavy (non-hydrogen) atoms. The van der Waals surface area contributed by atoms with E-state index >= 15 is 0 Å². The lowest BCUT2D eigenvalue weighted by Gasteiger charge is -2.29. The van der Waals surface area contributed by atoms with E-state index in [9.17, 15) is 24.8 Å². The molecule has 0 fully saturated rings. The van der Waals surface area contributed by atoms with Crippen molar-refractivity contribution >= 4 is 29.0 Å². The van der Waals surface area contributed by atoms with Gasteiger partial charge < -0.3 is 9.84 Å². The van der Waals surface area contributed by atoms with E-state index in [-0.39, 0.29) is 24.4 Å². The van der Waals surface area contributed by atoms with Crippen molar-refractivity contribution < 1.29 is 24.4 Å². The Labute approximate surface area is 131 Å². The summed E-state index contributed by atoms with van der Waals surface area (Å²) in [6.07, 6.45) is -0.127. The number of rotatable bonds is 5. The van der Waals surface area contributed by atoms with Crippen molar-refractivity contribution in [2.75, 3.05) is 11.6 Å². The fraction of sp³-hybridized carbons (Fsp3) is 0.357. The van der Waals surface area contributed by atoms with Crippen LogP contribution in [0.4, 0.5) is 11.4 Å². The minimum absolute atomic E-state index is 0.00453. The highest BCUT2D eigenvalue weighted by Gasteiger charge is 2.48. The number of nitro groups is 1. The highest BCUT2D eigenvalue weighted by molar-refractivity contribution is 6.38. The van der Waals surface area contributed by atoms with Gasteiger partial charge in [-0.3, -0.25) is 10.1 Å². The summed E-state index contributed by atoms with van der Waals surface area (Å²) in [5.41, 5.74) is -1.27. The third-order valence-corrected chi connectivity index (χ3v) is 3.48. The summed E-state index contributed by atoms with van der Waals surface area (Å²) in [6.45, 7) is 3.21. The molecule has 0 spiro atoms. The molecule has 0 saturated heterocycles. The van der Waals surface area contributed by atoms with E-state index in [0.717, 1.165) is 0 Å². The Kier molecular flexibility index (Phi) is 4.30. The molecule has 2 rings (SSSR count). The van der Waals surface area contributed by atoms with Crippen LogP contribution in [0.2, 0.25) is 0 Å². The van der Waals surface area contributed by atoms with Crippen molar-refractivity contribution in [3.8, 4) is 0 Å². The van der Waals surface area contributed by atoms with E-state index in [2.05, 4.69) is 5.10 Å². The number of hydrazone groups is 1. The zero-order valence-electron chi connectivity index (χ0n) is 12.6. The summed E-state index contributed by atoms with van der Waals surface area (Å²) in [4.78, 5) is 33.6. The second-order valence-corrected chi connectivity index (χ2v) is 5.11. The number of non-ortho nitro benzene ring substituents is 1. The molecule has 0 amide bonds. The second kappa shape index (κ2) is 6.03. The Balaban J connectivity index is 2.40. The first-order valence-corrected chi connectivity index (χ1v) is 6.82. The van der Waals surface area contributed by atoms with Gasteiger partial charge in [-0.2, -0.15) is 5.10 Å². The predicted octanol–water partition coefficient (Wildman–Crippen LogP) is 1.57. The molecule has 0 saturated carbocycles. The van der Waals surface area contributed by atoms with Crippen molar-refractivity contribution in [2.24, 2.45) is 5.10 Å². The molecule has 0 aliphatic carbocycles. The van der Waals surface area contributed by atoms with Crippen LogP contribution in [-0.4, -0.2) is 39.8 Å². The summed E-state index contributed by atoms with van der Waals surface area (Å²) in [6, 6.07) is 5.26. The van der Waals surface area contributed by atoms with Crippen LogP contribution >= 0.6 is 0 Å². The normalized spacial score (nSPS) is 20.1. The van der Waals surface area contributed by atoms with Gasteiger partial charge in [-0.15, -0.1) is 0 Å². The molecule has 1 aliphatic rings. The van der Waals surface area contributed by atoms with Crippen LogP contribution in [0.1, 0.15) is 20.3 Å². The summed E-state index contributed by atoms with van der Waals surface area (Å²) in [5, 5.41) is 25.4. The van der Waals surface area contributed by atoms with Gasteiger partial charge in [-0.1, -0.05) is 0 Å². The van der Waals surface area contributed by atoms with Crippen LogP contribution in [0.5, 0.6) is 0 Å². The maximum Gasteiger partial charge on any atom is 0.354 e. The first-order valence-electron chi connectivity index (χ1n) is 6.82. The van der Waals surface area contributed by atoms with Gasteiger partial charge in [0.15, 0.2) is 5.54 Å². The number of benzene rings is 1. The zero-order chi connectivity index (χ0) is 17.2. The second-order valence-electron chi connectivity index (χ2n) is 5.11. The maximum atomic E-state index is 11.8. The van der Waals surface area contributed by atoms with E-state index in [1.54, 1.807) is 6.92 Å². The van der Waals surface area contributed by atoms with Gasteiger partial charge in [-0.05, 0) is 26.0 Å². The lowest BCUT2D eigenvalue weighted by molar-refractivity contribution is -0.384. The number of carbonyl (C=O) groups excluding carboxylic acids is 1. The van der Waals surface area contributed by atoms with Crippen molar-refractivity contribution in [1.82, 2.24) is 0 Å². The molecule has 1 heterocycles. The first kappa shape index (κ1) is 16.4. The highest BCUT2D eigenvalue weighted by atomic mass is 16.6. The monoisotopic (exact) mass is 321 g/mol. The van der Waals surface area contributed by atoms with Gasteiger partial charge in [0, 0.05) is 18.6 Å². The SMILES string of the molecule is CCOC(=O)C1=NN(c2ccc([N+](=O)[O-])cc2)[C@](C)(C(=O)O)C1. The molecule has 0 aromatic heterocycles. The number of aliphatic carboxylic acids is 1. The molecule has 0 radical (unpaired) electrons. The molecule has 9 heteroatoms. The summed E-state index contributed by atoms with van der Waals surface area (Å²) < 4.78 is 4.86. The Morgan fingerprint density at radius 1 is 1.43 bits per heavy atom. The van der Waals surface area contributed by atoms with Crippen molar-refractivity contribution in [3.05, 3.63) is 34.4 Å². The molecular weight excluding hydrogens is 306 g/mol. The number of carboxylic acids is 1. The first-order chi connectivity index (χ1) is 10.8. The van der Waals surface area contributed by atoms with Gasteiger partial charge in [0.05, 0.1) is 17.2 Å². The van der Waals surface area contributed by atoms with Crippen LogP contribution in [0.3, 0.4) is 0 Å². The number of hydrogen-bond donors (Lipinski definition) is 1. The molecule has 0 unspecified atom stereocenters. The predicted molar refractivity (Wildman–Crippen MR) is 80.3 cm³/mol. The topological polar surface area (TPSA) is 122 Å². The Bertz CT molecular complexity index is 684. The minimum Gasteiger partial charge on any atom is -0.479 e. The third-order valence-electron chi connectivity index (χ3n) is 3.48. The molecule has 122 valence electrons. The Morgan fingerprint density at radius 3 is 2.52 bits per heavy atom. The molecule has 1 atom stereocenters. The number of ether oxygens (including phenoxy) is 1. The van der Waals surface area contributed by atoms with E-state index in [1.165, 1.54) is 36.2 Å². The zero-order valence-corrected chi connectivity index (χ0v) is 12.6. The number of nitrogens with zero attached hydrogens (tertiary/aromatic N) is 3. The number of anilines is 1. The molecule has 1 aromatic carbocycles. The van der Waals surface area contributed by atoms with E-state index < -0.39 is 22.4 Å². The van der Waals surface area contributed by atoms with Crippen LogP contribution in [0.15, 0.2) is 29.4 Å². The quantitative estimate of drug-likeness (QED) is 0.496. The van der Waals surface area contributed by atoms with Crippen LogP contribution < -0.4 is 5.01 Å². The number of nitro benzene ring substituents is 1. The number of carboxylic acid groups (broad SMARTS) is 1. The fourth-order valence-corrected chi connectivity index (χ4v) is 2.22. The van der Waals surface area contributed by atoms with Gasteiger partial charge in [0.25, 0.3) is 5.69 Å². The van der Waals surface area contributed by atoms with Crippen LogP contribution in [0.25, 0.3) is 0 Å². The molecule has 1 aromatic rings. The molecule has 1 N–H and O–H groups in total. The van der Waals surface area contributed by atoms with E-state index in [0.29, 0.717) is 5.69 Å². The standard InChI is InChI=1S/C14H15N3O6/c1-3-23-12(18)11-8-14(2,13(19)20)16(15-11)9-4-6-10(7-5-9)17(21)22/h4-7H,3,8H2,1-2H3,(H,19,20)/t14-/m0/s1. The van der Waals surface area contributed by atoms with Gasteiger partial charge >= 0.3 is 11.9 Å². The molecular formula is C14H15N3O6. The average molecular weight is 321 g/mol. The van der Waals surface area contributed by atoms with Gasteiger partial charge in [0.2, 0.25) is 0 Å². The van der Waals surface area contributed by atoms with Gasteiger partial charge in [-0.25, -0.2) is 14.6 Å². The van der Waals surface area contributed by atoms with Crippen molar-refractivity contribution in [3.63, 3.8) is 0 Å². The molecule has 0 bridgehead atoms. The fourth-order valence-electron chi connectivity index (χ4n) is 2.22.